The van der Waals surface area contributed by atoms with Crippen LogP contribution in [0.1, 0.15) is 5.56 Å². The molecule has 0 bridgehead atoms. The van der Waals surface area contributed by atoms with Gasteiger partial charge in [0.15, 0.2) is 5.75 Å². The van der Waals surface area contributed by atoms with Crippen LogP contribution < -0.4 is 15.4 Å². The van der Waals surface area contributed by atoms with Crippen molar-refractivity contribution in [1.82, 2.24) is 4.31 Å². The second kappa shape index (κ2) is 11.0. The maximum absolute atomic E-state index is 13.2. The van der Waals surface area contributed by atoms with E-state index in [4.69, 9.17) is 9.47 Å². The van der Waals surface area contributed by atoms with Crippen molar-refractivity contribution in [2.75, 3.05) is 43.5 Å². The number of nitrogens with zero attached hydrogens (tertiary/aromatic N) is 2. The van der Waals surface area contributed by atoms with Gasteiger partial charge in [-0.1, -0.05) is 30.3 Å². The van der Waals surface area contributed by atoms with E-state index in [0.717, 1.165) is 0 Å². The molecular formula is C25H24N4O5S. The van der Waals surface area contributed by atoms with Crippen LogP contribution in [0.15, 0.2) is 77.7 Å². The molecule has 9 nitrogen and oxygen atoms in total. The molecule has 0 spiro atoms. The van der Waals surface area contributed by atoms with E-state index in [9.17, 15) is 18.5 Å². The number of anilines is 2. The van der Waals surface area contributed by atoms with Gasteiger partial charge >= 0.3 is 0 Å². The smallest absolute Gasteiger partial charge is 0.243 e. The maximum atomic E-state index is 13.2. The molecule has 0 atom stereocenters. The van der Waals surface area contributed by atoms with Crippen LogP contribution in [0.5, 0.6) is 11.5 Å². The highest BCUT2D eigenvalue weighted by Crippen LogP contribution is 2.33. The number of hydrogen-bond donors (Lipinski definition) is 2. The summed E-state index contributed by atoms with van der Waals surface area (Å²) in [5, 5.41) is 14.9. The highest BCUT2D eigenvalue weighted by molar-refractivity contribution is 7.89. The van der Waals surface area contributed by atoms with Crippen molar-refractivity contribution in [3.8, 4) is 17.6 Å². The van der Waals surface area contributed by atoms with E-state index in [0.29, 0.717) is 41.7 Å². The SMILES string of the molecule is N#Cc1ccccc1NC(=O)CNc1cc(S(=O)(=O)N2CCOCC2)ccc1Oc1ccccc1. The first-order chi connectivity index (χ1) is 17.0. The van der Waals surface area contributed by atoms with Crippen LogP contribution in [-0.2, 0) is 19.6 Å². The van der Waals surface area contributed by atoms with Crippen LogP contribution in [0, 0.1) is 11.3 Å². The third-order valence-electron chi connectivity index (χ3n) is 5.29. The summed E-state index contributed by atoms with van der Waals surface area (Å²) in [5.41, 5.74) is 1.07. The van der Waals surface area contributed by atoms with Gasteiger partial charge in [0.2, 0.25) is 15.9 Å². The molecule has 1 saturated heterocycles. The quantitative estimate of drug-likeness (QED) is 0.494. The lowest BCUT2D eigenvalue weighted by atomic mass is 10.2. The number of sulfonamides is 1. The molecule has 2 N–H and O–H groups in total. The van der Waals surface area contributed by atoms with Crippen LogP contribution in [-0.4, -0.2) is 51.5 Å². The molecule has 1 heterocycles. The third kappa shape index (κ3) is 5.96. The number of ether oxygens (including phenoxy) is 2. The summed E-state index contributed by atoms with van der Waals surface area (Å²) >= 11 is 0. The van der Waals surface area contributed by atoms with Gasteiger partial charge in [-0.15, -0.1) is 0 Å². The molecule has 35 heavy (non-hydrogen) atoms. The van der Waals surface area contributed by atoms with E-state index in [1.54, 1.807) is 42.5 Å². The summed E-state index contributed by atoms with van der Waals surface area (Å²) in [6.45, 7) is 1.04. The van der Waals surface area contributed by atoms with Crippen LogP contribution in [0.25, 0.3) is 0 Å². The van der Waals surface area contributed by atoms with Crippen molar-refractivity contribution >= 4 is 27.3 Å². The Morgan fingerprint density at radius 2 is 1.71 bits per heavy atom. The van der Waals surface area contributed by atoms with Gasteiger partial charge in [0.1, 0.15) is 11.8 Å². The highest BCUT2D eigenvalue weighted by atomic mass is 32.2. The Labute approximate surface area is 203 Å². The zero-order valence-electron chi connectivity index (χ0n) is 18.8. The average Bonchev–Trinajstić information content (AvgIpc) is 2.89. The first kappa shape index (κ1) is 24.2. The summed E-state index contributed by atoms with van der Waals surface area (Å²) < 4.78 is 38.9. The number of benzene rings is 3. The van der Waals surface area contributed by atoms with Gasteiger partial charge < -0.3 is 20.1 Å². The molecule has 10 heteroatoms. The number of nitriles is 1. The molecule has 0 radical (unpaired) electrons. The third-order valence-corrected chi connectivity index (χ3v) is 7.19. The van der Waals surface area contributed by atoms with Crippen molar-refractivity contribution in [2.24, 2.45) is 0 Å². The summed E-state index contributed by atoms with van der Waals surface area (Å²) in [6.07, 6.45) is 0. The topological polar surface area (TPSA) is 121 Å². The van der Waals surface area contributed by atoms with Crippen molar-refractivity contribution in [2.45, 2.75) is 4.90 Å². The van der Waals surface area contributed by atoms with Crippen LogP contribution >= 0.6 is 0 Å². The summed E-state index contributed by atoms with van der Waals surface area (Å²) in [6, 6.07) is 22.2. The van der Waals surface area contributed by atoms with Gasteiger partial charge in [0.25, 0.3) is 0 Å². The van der Waals surface area contributed by atoms with E-state index >= 15 is 0 Å². The minimum Gasteiger partial charge on any atom is -0.455 e. The monoisotopic (exact) mass is 492 g/mol. The molecule has 180 valence electrons. The second-order valence-electron chi connectivity index (χ2n) is 7.65. The van der Waals surface area contributed by atoms with Gasteiger partial charge in [-0.2, -0.15) is 9.57 Å². The van der Waals surface area contributed by atoms with E-state index < -0.39 is 15.9 Å². The van der Waals surface area contributed by atoms with Gasteiger partial charge in [0.05, 0.1) is 41.6 Å². The standard InChI is InChI=1S/C25H24N4O5S/c26-17-19-6-4-5-9-22(19)28-25(30)18-27-23-16-21(35(31,32)29-12-14-33-15-13-29)10-11-24(23)34-20-7-2-1-3-8-20/h1-11,16,27H,12-15,18H2,(H,28,30). The summed E-state index contributed by atoms with van der Waals surface area (Å²) in [7, 11) is -3.75. The minimum absolute atomic E-state index is 0.0811. The fourth-order valence-corrected chi connectivity index (χ4v) is 4.94. The van der Waals surface area contributed by atoms with Crippen LogP contribution in [0.2, 0.25) is 0 Å². The van der Waals surface area contributed by atoms with Gasteiger partial charge in [-0.25, -0.2) is 8.42 Å². The Bertz CT molecular complexity index is 1330. The fourth-order valence-electron chi connectivity index (χ4n) is 3.51. The molecule has 1 aliphatic rings. The number of rotatable bonds is 8. The average molecular weight is 493 g/mol. The first-order valence-corrected chi connectivity index (χ1v) is 12.4. The Morgan fingerprint density at radius 1 is 1.00 bits per heavy atom. The molecule has 0 saturated carbocycles. The minimum atomic E-state index is -3.75. The zero-order valence-corrected chi connectivity index (χ0v) is 19.6. The second-order valence-corrected chi connectivity index (χ2v) is 9.59. The molecule has 1 fully saturated rings. The number of carbonyl (C=O) groups is 1. The summed E-state index contributed by atoms with van der Waals surface area (Å²) in [4.78, 5) is 12.7. The molecule has 4 rings (SSSR count). The van der Waals surface area contributed by atoms with E-state index in [1.165, 1.54) is 16.4 Å². The van der Waals surface area contributed by atoms with Crippen molar-refractivity contribution < 1.29 is 22.7 Å². The number of amides is 1. The number of carbonyl (C=O) groups excluding carboxylic acids is 1. The largest absolute Gasteiger partial charge is 0.455 e. The lowest BCUT2D eigenvalue weighted by molar-refractivity contribution is -0.114. The molecular weight excluding hydrogens is 468 g/mol. The molecule has 3 aromatic carbocycles. The van der Waals surface area contributed by atoms with Crippen LogP contribution in [0.4, 0.5) is 11.4 Å². The maximum Gasteiger partial charge on any atom is 0.243 e. The van der Waals surface area contributed by atoms with Crippen molar-refractivity contribution in [1.29, 1.82) is 5.26 Å². The first-order valence-electron chi connectivity index (χ1n) is 10.9. The molecule has 0 aromatic heterocycles. The number of nitrogens with one attached hydrogen (secondary N) is 2. The number of para-hydroxylation sites is 2. The molecule has 3 aromatic rings. The number of morpholine rings is 1. The van der Waals surface area contributed by atoms with Crippen molar-refractivity contribution in [3.63, 3.8) is 0 Å². The Morgan fingerprint density at radius 3 is 2.46 bits per heavy atom. The van der Waals surface area contributed by atoms with Crippen LogP contribution in [0.3, 0.4) is 0 Å². The van der Waals surface area contributed by atoms with E-state index in [-0.39, 0.29) is 24.5 Å². The van der Waals surface area contributed by atoms with E-state index in [1.807, 2.05) is 24.3 Å². The zero-order chi connectivity index (χ0) is 24.7. The highest BCUT2D eigenvalue weighted by Gasteiger charge is 2.27. The fraction of sp³-hybridized carbons (Fsp3) is 0.200. The van der Waals surface area contributed by atoms with Gasteiger partial charge in [-0.3, -0.25) is 4.79 Å². The number of hydrogen-bond acceptors (Lipinski definition) is 7. The molecule has 1 aliphatic heterocycles. The van der Waals surface area contributed by atoms with E-state index in [2.05, 4.69) is 10.6 Å². The van der Waals surface area contributed by atoms with Gasteiger partial charge in [0, 0.05) is 13.1 Å². The predicted molar refractivity (Wildman–Crippen MR) is 131 cm³/mol. The Balaban J connectivity index is 1.57. The summed E-state index contributed by atoms with van der Waals surface area (Å²) in [5.74, 6) is 0.522. The molecule has 0 aliphatic carbocycles. The molecule has 0 unspecified atom stereocenters. The Kier molecular flexibility index (Phi) is 7.62. The van der Waals surface area contributed by atoms with Crippen molar-refractivity contribution in [3.05, 3.63) is 78.4 Å². The normalized spacial score (nSPS) is 14.0. The van der Waals surface area contributed by atoms with Gasteiger partial charge in [-0.05, 0) is 42.5 Å². The Hall–Kier alpha value is -3.91. The lowest BCUT2D eigenvalue weighted by Crippen LogP contribution is -2.40. The molecule has 1 amide bonds. The predicted octanol–water partition coefficient (Wildman–Crippen LogP) is 3.42. The lowest BCUT2D eigenvalue weighted by Gasteiger charge is -2.26.